The molecule has 0 spiro atoms. The van der Waals surface area contributed by atoms with Crippen LogP contribution in [0.15, 0.2) is 243 Å². The van der Waals surface area contributed by atoms with Gasteiger partial charge in [-0.2, -0.15) is 0 Å². The molecule has 0 N–H and O–H groups in total. The van der Waals surface area contributed by atoms with Crippen molar-refractivity contribution in [2.75, 3.05) is 0 Å². The lowest BCUT2D eigenvalue weighted by molar-refractivity contribution is 1.27. The van der Waals surface area contributed by atoms with E-state index < -0.39 is 0 Å². The first-order valence-corrected chi connectivity index (χ1v) is 25.0. The minimum Gasteiger partial charge on any atom is -0.0616 e. The van der Waals surface area contributed by atoms with Crippen LogP contribution in [0.1, 0.15) is 11.1 Å². The first kappa shape index (κ1) is 38.8. The maximum Gasteiger partial charge on any atom is -0.00130 e. The fourth-order valence-corrected chi connectivity index (χ4v) is 13.1. The molecule has 0 nitrogen and oxygen atoms in total. The lowest BCUT2D eigenvalue weighted by Gasteiger charge is -2.22. The number of benzene rings is 15. The van der Waals surface area contributed by atoms with Gasteiger partial charge in [0.2, 0.25) is 0 Å². The Morgan fingerprint density at radius 3 is 1.23 bits per heavy atom. The van der Waals surface area contributed by atoms with Crippen LogP contribution in [0.4, 0.5) is 0 Å². The van der Waals surface area contributed by atoms with Crippen LogP contribution in [0.25, 0.3) is 152 Å². The summed E-state index contributed by atoms with van der Waals surface area (Å²) in [5.41, 5.74) is 13.2. The number of fused-ring (bicyclic) bond motifs is 18. The smallest absolute Gasteiger partial charge is 0.00130 e. The Morgan fingerprint density at radius 1 is 0.197 bits per heavy atom. The average Bonchev–Trinajstić information content (AvgIpc) is 3.81. The normalized spacial score (nSPS) is 12.5. The van der Waals surface area contributed by atoms with Gasteiger partial charge in [-0.1, -0.05) is 218 Å². The molecule has 71 heavy (non-hydrogen) atoms. The highest BCUT2D eigenvalue weighted by atomic mass is 14.3. The zero-order valence-corrected chi connectivity index (χ0v) is 38.8. The van der Waals surface area contributed by atoms with Crippen molar-refractivity contribution in [3.05, 3.63) is 254 Å². The summed E-state index contributed by atoms with van der Waals surface area (Å²) in [6.45, 7) is 0. The molecule has 16 rings (SSSR count). The summed E-state index contributed by atoms with van der Waals surface area (Å²) in [4.78, 5) is 0. The van der Waals surface area contributed by atoms with Crippen LogP contribution in [-0.2, 0) is 6.42 Å². The summed E-state index contributed by atoms with van der Waals surface area (Å²) in [6.07, 6.45) is 0.938. The van der Waals surface area contributed by atoms with Crippen molar-refractivity contribution in [2.24, 2.45) is 0 Å². The van der Waals surface area contributed by atoms with Gasteiger partial charge in [-0.15, -0.1) is 0 Å². The second-order valence-electron chi connectivity index (χ2n) is 19.8. The van der Waals surface area contributed by atoms with Gasteiger partial charge in [0.1, 0.15) is 0 Å². The minimum absolute atomic E-state index is 0.938. The third-order valence-electron chi connectivity index (χ3n) is 16.1. The van der Waals surface area contributed by atoms with E-state index in [1.807, 2.05) is 0 Å². The molecule has 15 aromatic carbocycles. The molecule has 1 aliphatic carbocycles. The maximum atomic E-state index is 2.51. The van der Waals surface area contributed by atoms with Gasteiger partial charge in [-0.3, -0.25) is 0 Å². The maximum absolute atomic E-state index is 2.51. The molecular formula is C71H42. The largest absolute Gasteiger partial charge is 0.0616 e. The van der Waals surface area contributed by atoms with Crippen LogP contribution in [0.5, 0.6) is 0 Å². The van der Waals surface area contributed by atoms with Gasteiger partial charge in [0, 0.05) is 0 Å². The molecule has 0 bridgehead atoms. The van der Waals surface area contributed by atoms with E-state index >= 15 is 0 Å². The molecule has 0 aromatic heterocycles. The molecule has 326 valence electrons. The lowest BCUT2D eigenvalue weighted by atomic mass is 9.80. The highest BCUT2D eigenvalue weighted by Crippen LogP contribution is 2.52. The summed E-state index contributed by atoms with van der Waals surface area (Å²) >= 11 is 0. The van der Waals surface area contributed by atoms with E-state index in [1.54, 1.807) is 0 Å². The topological polar surface area (TPSA) is 0 Å². The van der Waals surface area contributed by atoms with Crippen LogP contribution in [0.2, 0.25) is 0 Å². The zero-order chi connectivity index (χ0) is 46.3. The van der Waals surface area contributed by atoms with Crippen molar-refractivity contribution in [1.82, 2.24) is 0 Å². The molecule has 0 fully saturated rings. The van der Waals surface area contributed by atoms with Crippen molar-refractivity contribution < 1.29 is 0 Å². The number of hydrogen-bond acceptors (Lipinski definition) is 0. The fourth-order valence-electron chi connectivity index (χ4n) is 13.1. The highest BCUT2D eigenvalue weighted by Gasteiger charge is 2.26. The van der Waals surface area contributed by atoms with E-state index in [0.717, 1.165) is 6.42 Å². The molecule has 0 atom stereocenters. The van der Waals surface area contributed by atoms with E-state index in [0.29, 0.717) is 0 Å². The molecule has 0 heteroatoms. The Bertz CT molecular complexity index is 4720. The van der Waals surface area contributed by atoms with Gasteiger partial charge in [0.05, 0.1) is 0 Å². The van der Waals surface area contributed by atoms with Crippen molar-refractivity contribution in [2.45, 2.75) is 6.42 Å². The van der Waals surface area contributed by atoms with Crippen LogP contribution in [0, 0.1) is 0 Å². The quantitative estimate of drug-likeness (QED) is 0.122. The van der Waals surface area contributed by atoms with Crippen LogP contribution >= 0.6 is 0 Å². The molecule has 0 radical (unpaired) electrons. The monoisotopic (exact) mass is 894 g/mol. The standard InChI is InChI=1S/C71H42/c1-2-17-44-37-46(32-29-42(44)15-1)66-53-21-7-11-25-57(53)70(58-26-12-8-22-54(58)66)71-59-27-13-9-23-55(59)67(56-24-10-14-28-60(56)71)48-34-36-62-65(40-48)52-20-6-5-19-51(52)61-35-33-47-38-49-41-63-45(39-64(49)68(47)69(61)62)31-30-43-16-3-4-18-50(43)63/h1-37,39-41H,38H2. The minimum atomic E-state index is 0.938. The molecule has 0 saturated heterocycles. The fraction of sp³-hybridized carbons (Fsp3) is 0.0141. The van der Waals surface area contributed by atoms with Crippen molar-refractivity contribution in [3.8, 4) is 44.5 Å². The number of hydrogen-bond donors (Lipinski definition) is 0. The van der Waals surface area contributed by atoms with E-state index in [9.17, 15) is 0 Å². The molecular weight excluding hydrogens is 853 g/mol. The molecule has 0 heterocycles. The second-order valence-corrected chi connectivity index (χ2v) is 19.8. The van der Waals surface area contributed by atoms with Gasteiger partial charge in [0.25, 0.3) is 0 Å². The predicted molar refractivity (Wildman–Crippen MR) is 306 cm³/mol. The SMILES string of the molecule is c1ccc2cc(-c3c4ccccc4c(-c4c5ccccc5c(-c5ccc6c(c5)c5ccccc5c5ccc7c(c56)-c5cc6ccc8ccccc8c6cc5C7)c5ccccc45)c4ccccc34)ccc2c1. The molecule has 1 aliphatic rings. The van der Waals surface area contributed by atoms with Crippen molar-refractivity contribution in [3.63, 3.8) is 0 Å². The Kier molecular flexibility index (Phi) is 8.04. The summed E-state index contributed by atoms with van der Waals surface area (Å²) in [5, 5.41) is 25.7. The Balaban J connectivity index is 0.962. The average molecular weight is 895 g/mol. The van der Waals surface area contributed by atoms with Gasteiger partial charge in [-0.25, -0.2) is 0 Å². The Labute approximate surface area is 410 Å². The Morgan fingerprint density at radius 2 is 0.620 bits per heavy atom. The van der Waals surface area contributed by atoms with Crippen LogP contribution in [-0.4, -0.2) is 0 Å². The molecule has 15 aromatic rings. The summed E-state index contributed by atoms with van der Waals surface area (Å²) in [6, 6.07) is 91.7. The Hall–Kier alpha value is -9.10. The number of rotatable bonds is 3. The van der Waals surface area contributed by atoms with E-state index in [2.05, 4.69) is 243 Å². The lowest BCUT2D eigenvalue weighted by Crippen LogP contribution is -1.95. The third-order valence-corrected chi connectivity index (χ3v) is 16.1. The molecule has 0 unspecified atom stereocenters. The second kappa shape index (κ2) is 14.7. The summed E-state index contributed by atoms with van der Waals surface area (Å²) < 4.78 is 0. The zero-order valence-electron chi connectivity index (χ0n) is 38.8. The first-order valence-electron chi connectivity index (χ1n) is 25.0. The summed E-state index contributed by atoms with van der Waals surface area (Å²) in [5.74, 6) is 0. The van der Waals surface area contributed by atoms with Gasteiger partial charge in [0.15, 0.2) is 0 Å². The van der Waals surface area contributed by atoms with E-state index in [1.165, 1.54) is 163 Å². The highest BCUT2D eigenvalue weighted by molar-refractivity contribution is 6.33. The van der Waals surface area contributed by atoms with Crippen LogP contribution < -0.4 is 0 Å². The third kappa shape index (κ3) is 5.51. The van der Waals surface area contributed by atoms with Crippen molar-refractivity contribution in [1.29, 1.82) is 0 Å². The van der Waals surface area contributed by atoms with E-state index in [-0.39, 0.29) is 0 Å². The van der Waals surface area contributed by atoms with Gasteiger partial charge in [-0.05, 0) is 194 Å². The molecule has 0 aliphatic heterocycles. The molecule has 0 amide bonds. The van der Waals surface area contributed by atoms with Crippen molar-refractivity contribution >= 4 is 108 Å². The summed E-state index contributed by atoms with van der Waals surface area (Å²) in [7, 11) is 0. The molecule has 0 saturated carbocycles. The van der Waals surface area contributed by atoms with Crippen LogP contribution in [0.3, 0.4) is 0 Å². The van der Waals surface area contributed by atoms with E-state index in [4.69, 9.17) is 0 Å². The first-order chi connectivity index (χ1) is 35.2. The van der Waals surface area contributed by atoms with Gasteiger partial charge >= 0.3 is 0 Å². The predicted octanol–water partition coefficient (Wildman–Crippen LogP) is 19.8. The van der Waals surface area contributed by atoms with Gasteiger partial charge < -0.3 is 0 Å².